The molecule has 1 aliphatic rings. The smallest absolute Gasteiger partial charge is 0.275 e. The van der Waals surface area contributed by atoms with Gasteiger partial charge < -0.3 is 19.2 Å². The Morgan fingerprint density at radius 1 is 1.21 bits per heavy atom. The molecule has 0 unspecified atom stereocenters. The number of pyridine rings is 1. The van der Waals surface area contributed by atoms with Crippen molar-refractivity contribution < 1.29 is 9.53 Å². The highest BCUT2D eigenvalue weighted by atomic mass is 16.5. The number of para-hydroxylation sites is 1. The van der Waals surface area contributed by atoms with Crippen LogP contribution in [0.3, 0.4) is 0 Å². The molecule has 1 amide bonds. The Hall–Kier alpha value is -2.60. The summed E-state index contributed by atoms with van der Waals surface area (Å²) in [6.45, 7) is 0.829. The Morgan fingerprint density at radius 2 is 1.96 bits per heavy atom. The summed E-state index contributed by atoms with van der Waals surface area (Å²) in [6, 6.07) is 8.07. The third-order valence-electron chi connectivity index (χ3n) is 5.85. The van der Waals surface area contributed by atoms with Crippen LogP contribution in [0.4, 0.5) is 0 Å². The van der Waals surface area contributed by atoms with Crippen molar-refractivity contribution in [3.8, 4) is 0 Å². The molecular weight excluding hydrogens is 354 g/mol. The fourth-order valence-electron chi connectivity index (χ4n) is 4.37. The van der Waals surface area contributed by atoms with E-state index in [9.17, 15) is 9.59 Å². The first-order chi connectivity index (χ1) is 13.6. The minimum absolute atomic E-state index is 0.0973. The average Bonchev–Trinajstić information content (AvgIpc) is 3.02. The lowest BCUT2D eigenvalue weighted by Gasteiger charge is -2.23. The van der Waals surface area contributed by atoms with Gasteiger partial charge in [0.15, 0.2) is 0 Å². The number of rotatable bonds is 5. The molecule has 0 aliphatic heterocycles. The zero-order valence-electron chi connectivity index (χ0n) is 16.5. The van der Waals surface area contributed by atoms with Gasteiger partial charge in [0, 0.05) is 49.2 Å². The molecule has 1 aromatic carbocycles. The second kappa shape index (κ2) is 7.80. The van der Waals surface area contributed by atoms with Crippen LogP contribution in [-0.4, -0.2) is 34.8 Å². The largest absolute Gasteiger partial charge is 0.383 e. The van der Waals surface area contributed by atoms with E-state index in [1.807, 2.05) is 35.9 Å². The van der Waals surface area contributed by atoms with Gasteiger partial charge in [-0.15, -0.1) is 0 Å². The number of hydrogen-bond donors (Lipinski definition) is 1. The Morgan fingerprint density at radius 3 is 2.71 bits per heavy atom. The molecular formula is C22H27N3O3. The number of methoxy groups -OCH3 is 1. The van der Waals surface area contributed by atoms with Crippen molar-refractivity contribution in [2.75, 3.05) is 13.7 Å². The molecule has 2 heterocycles. The highest BCUT2D eigenvalue weighted by Crippen LogP contribution is 2.29. The fourth-order valence-corrected chi connectivity index (χ4v) is 4.37. The van der Waals surface area contributed by atoms with Gasteiger partial charge in [-0.2, -0.15) is 0 Å². The summed E-state index contributed by atoms with van der Waals surface area (Å²) in [5.74, 6) is -0.0978. The van der Waals surface area contributed by atoms with Crippen molar-refractivity contribution in [1.82, 2.24) is 14.5 Å². The van der Waals surface area contributed by atoms with Gasteiger partial charge >= 0.3 is 0 Å². The predicted octanol–water partition coefficient (Wildman–Crippen LogP) is 3.20. The molecule has 3 aromatic rings. The van der Waals surface area contributed by atoms with Crippen molar-refractivity contribution in [2.24, 2.45) is 7.05 Å². The molecule has 0 radical (unpaired) electrons. The van der Waals surface area contributed by atoms with Crippen LogP contribution in [0, 0.1) is 0 Å². The molecule has 28 heavy (non-hydrogen) atoms. The molecule has 0 atom stereocenters. The summed E-state index contributed by atoms with van der Waals surface area (Å²) in [5, 5.41) is 4.89. The van der Waals surface area contributed by atoms with Crippen LogP contribution >= 0.6 is 0 Å². The SMILES string of the molecule is COCCn1cc(C(=O)NC2CCCCC2)c2c3ccccc3n(C)c2c1=O. The molecule has 1 aliphatic carbocycles. The topological polar surface area (TPSA) is 65.3 Å². The minimum atomic E-state index is -0.0978. The van der Waals surface area contributed by atoms with E-state index in [-0.39, 0.29) is 17.5 Å². The van der Waals surface area contributed by atoms with Crippen LogP contribution in [-0.2, 0) is 18.3 Å². The lowest BCUT2D eigenvalue weighted by atomic mass is 9.95. The zero-order chi connectivity index (χ0) is 19.7. The molecule has 6 heteroatoms. The van der Waals surface area contributed by atoms with Gasteiger partial charge in [-0.1, -0.05) is 37.5 Å². The molecule has 0 saturated heterocycles. The number of aromatic nitrogens is 2. The van der Waals surface area contributed by atoms with Gasteiger partial charge in [-0.25, -0.2) is 0 Å². The quantitative estimate of drug-likeness (QED) is 0.738. The van der Waals surface area contributed by atoms with Gasteiger partial charge in [0.25, 0.3) is 11.5 Å². The molecule has 0 spiro atoms. The van der Waals surface area contributed by atoms with Gasteiger partial charge in [-0.05, 0) is 18.9 Å². The van der Waals surface area contributed by atoms with E-state index in [4.69, 9.17) is 4.74 Å². The lowest BCUT2D eigenvalue weighted by molar-refractivity contribution is 0.0928. The molecule has 0 bridgehead atoms. The zero-order valence-corrected chi connectivity index (χ0v) is 16.5. The maximum absolute atomic E-state index is 13.3. The molecule has 6 nitrogen and oxygen atoms in total. The lowest BCUT2D eigenvalue weighted by Crippen LogP contribution is -2.37. The predicted molar refractivity (Wildman–Crippen MR) is 111 cm³/mol. The molecule has 1 N–H and O–H groups in total. The Kier molecular flexibility index (Phi) is 5.22. The van der Waals surface area contributed by atoms with Crippen molar-refractivity contribution in [3.63, 3.8) is 0 Å². The van der Waals surface area contributed by atoms with Crippen molar-refractivity contribution in [1.29, 1.82) is 0 Å². The minimum Gasteiger partial charge on any atom is -0.383 e. The van der Waals surface area contributed by atoms with E-state index in [0.717, 1.165) is 42.0 Å². The van der Waals surface area contributed by atoms with Crippen molar-refractivity contribution >= 4 is 27.7 Å². The van der Waals surface area contributed by atoms with Crippen LogP contribution in [0.2, 0.25) is 0 Å². The Labute approximate surface area is 164 Å². The van der Waals surface area contributed by atoms with Crippen LogP contribution in [0.25, 0.3) is 21.8 Å². The van der Waals surface area contributed by atoms with Crippen molar-refractivity contribution in [2.45, 2.75) is 44.7 Å². The number of hydrogen-bond acceptors (Lipinski definition) is 3. The fraction of sp³-hybridized carbons (Fsp3) is 0.455. The molecule has 1 fully saturated rings. The van der Waals surface area contributed by atoms with E-state index in [1.54, 1.807) is 17.9 Å². The van der Waals surface area contributed by atoms with Crippen LogP contribution in [0.15, 0.2) is 35.3 Å². The molecule has 2 aromatic heterocycles. The van der Waals surface area contributed by atoms with Gasteiger partial charge in [0.1, 0.15) is 5.52 Å². The van der Waals surface area contributed by atoms with Gasteiger partial charge in [0.05, 0.1) is 12.2 Å². The van der Waals surface area contributed by atoms with Crippen LogP contribution in [0.1, 0.15) is 42.5 Å². The molecule has 4 rings (SSSR count). The monoisotopic (exact) mass is 381 g/mol. The summed E-state index contributed by atoms with van der Waals surface area (Å²) < 4.78 is 8.65. The van der Waals surface area contributed by atoms with Crippen LogP contribution < -0.4 is 10.9 Å². The van der Waals surface area contributed by atoms with E-state index < -0.39 is 0 Å². The van der Waals surface area contributed by atoms with Gasteiger partial charge in [-0.3, -0.25) is 9.59 Å². The summed E-state index contributed by atoms with van der Waals surface area (Å²) >= 11 is 0. The Balaban J connectivity index is 1.89. The van der Waals surface area contributed by atoms with E-state index in [2.05, 4.69) is 5.32 Å². The normalized spacial score (nSPS) is 15.4. The highest BCUT2D eigenvalue weighted by Gasteiger charge is 2.23. The number of carbonyl (C=O) groups is 1. The second-order valence-corrected chi connectivity index (χ2v) is 7.64. The number of ether oxygens (including phenoxy) is 1. The van der Waals surface area contributed by atoms with E-state index in [1.165, 1.54) is 6.42 Å². The van der Waals surface area contributed by atoms with Gasteiger partial charge in [0.2, 0.25) is 0 Å². The number of carbonyl (C=O) groups excluding carboxylic acids is 1. The molecule has 148 valence electrons. The van der Waals surface area contributed by atoms with E-state index >= 15 is 0 Å². The first kappa shape index (κ1) is 18.7. The summed E-state index contributed by atoms with van der Waals surface area (Å²) in [7, 11) is 3.49. The number of aryl methyl sites for hydroxylation is 1. The Bertz CT molecular complexity index is 1070. The van der Waals surface area contributed by atoms with Crippen molar-refractivity contribution in [3.05, 3.63) is 46.4 Å². The second-order valence-electron chi connectivity index (χ2n) is 7.64. The summed E-state index contributed by atoms with van der Waals surface area (Å²) in [6.07, 6.45) is 7.29. The summed E-state index contributed by atoms with van der Waals surface area (Å²) in [4.78, 5) is 26.4. The average molecular weight is 381 g/mol. The first-order valence-corrected chi connectivity index (χ1v) is 10.0. The van der Waals surface area contributed by atoms with E-state index in [0.29, 0.717) is 24.2 Å². The molecule has 1 saturated carbocycles. The summed E-state index contributed by atoms with van der Waals surface area (Å²) in [5.41, 5.74) is 1.98. The number of benzene rings is 1. The standard InChI is InChI=1S/C22H27N3O3/c1-24-18-11-7-6-10-16(18)19-17(21(26)23-15-8-4-3-5-9-15)14-25(12-13-28-2)22(27)20(19)24/h6-7,10-11,14-15H,3-5,8-9,12-13H2,1-2H3,(H,23,26). The first-order valence-electron chi connectivity index (χ1n) is 10.0. The number of nitrogens with zero attached hydrogens (tertiary/aromatic N) is 2. The maximum Gasteiger partial charge on any atom is 0.275 e. The van der Waals surface area contributed by atoms with Crippen LogP contribution in [0.5, 0.6) is 0 Å². The number of amides is 1. The third kappa shape index (κ3) is 3.22. The maximum atomic E-state index is 13.3. The highest BCUT2D eigenvalue weighted by molar-refractivity contribution is 6.17. The third-order valence-corrected chi connectivity index (χ3v) is 5.85. The number of nitrogens with one attached hydrogen (secondary N) is 1. The number of fused-ring (bicyclic) bond motifs is 3.